The van der Waals surface area contributed by atoms with Crippen molar-refractivity contribution in [2.24, 2.45) is 0 Å². The van der Waals surface area contributed by atoms with Gasteiger partial charge in [-0.15, -0.1) is 0 Å². The van der Waals surface area contributed by atoms with Crippen LogP contribution in [0.2, 0.25) is 0 Å². The number of benzene rings is 1. The van der Waals surface area contributed by atoms with E-state index in [0.29, 0.717) is 31.1 Å². The van der Waals surface area contributed by atoms with Crippen molar-refractivity contribution in [3.63, 3.8) is 0 Å². The van der Waals surface area contributed by atoms with Crippen molar-refractivity contribution in [3.8, 4) is 0 Å². The van der Waals surface area contributed by atoms with Crippen LogP contribution in [-0.4, -0.2) is 51.5 Å². The maximum absolute atomic E-state index is 12.9. The Labute approximate surface area is 167 Å². The minimum absolute atomic E-state index is 0.151. The zero-order valence-electron chi connectivity index (χ0n) is 15.9. The molecule has 9 nitrogen and oxygen atoms in total. The van der Waals surface area contributed by atoms with E-state index < -0.39 is 6.04 Å². The van der Waals surface area contributed by atoms with E-state index >= 15 is 0 Å². The average molecular weight is 394 g/mol. The Morgan fingerprint density at radius 1 is 1.17 bits per heavy atom. The Bertz CT molecular complexity index is 996. The summed E-state index contributed by atoms with van der Waals surface area (Å²) >= 11 is 0. The molecule has 0 aliphatic carbocycles. The first-order valence-corrected chi connectivity index (χ1v) is 9.85. The molecule has 3 N–H and O–H groups in total. The zero-order valence-corrected chi connectivity index (χ0v) is 15.9. The molecule has 3 aliphatic heterocycles. The number of nitrogens with one attached hydrogen (secondary N) is 3. The SMILES string of the molecule is O=C1CCC(N2Cc3c(CNc4ccnn4C4CNC4)cccc3C2=O)C(=O)N1. The molecule has 0 spiro atoms. The van der Waals surface area contributed by atoms with E-state index in [-0.39, 0.29) is 24.1 Å². The summed E-state index contributed by atoms with van der Waals surface area (Å²) in [6.07, 6.45) is 2.40. The monoisotopic (exact) mass is 394 g/mol. The predicted octanol–water partition coefficient (Wildman–Crippen LogP) is 0.401. The van der Waals surface area contributed by atoms with Crippen molar-refractivity contribution in [1.29, 1.82) is 0 Å². The standard InChI is InChI=1S/C20H22N6O3/c27-18-5-4-16(19(28)24-18)25-11-15-12(2-1-3-14(15)20(25)29)8-22-17-6-7-23-26(17)13-9-21-10-13/h1-3,6-7,13,16,21-22H,4-5,8-11H2,(H,24,27,28). The first-order valence-electron chi connectivity index (χ1n) is 9.85. The van der Waals surface area contributed by atoms with Crippen LogP contribution in [0.3, 0.4) is 0 Å². The minimum Gasteiger partial charge on any atom is -0.366 e. The Morgan fingerprint density at radius 3 is 2.79 bits per heavy atom. The number of aromatic nitrogens is 2. The van der Waals surface area contributed by atoms with E-state index in [4.69, 9.17) is 0 Å². The normalized spacial score (nSPS) is 21.7. The zero-order chi connectivity index (χ0) is 20.0. The second kappa shape index (κ2) is 7.00. The van der Waals surface area contributed by atoms with E-state index in [2.05, 4.69) is 21.0 Å². The van der Waals surface area contributed by atoms with E-state index in [1.54, 1.807) is 17.2 Å². The molecule has 5 rings (SSSR count). The molecule has 9 heteroatoms. The van der Waals surface area contributed by atoms with Gasteiger partial charge >= 0.3 is 0 Å². The summed E-state index contributed by atoms with van der Waals surface area (Å²) in [7, 11) is 0. The molecule has 1 aromatic heterocycles. The number of piperidine rings is 1. The fraction of sp³-hybridized carbons (Fsp3) is 0.400. The lowest BCUT2D eigenvalue weighted by Gasteiger charge is -2.29. The molecule has 29 heavy (non-hydrogen) atoms. The van der Waals surface area contributed by atoms with E-state index in [0.717, 1.165) is 30.0 Å². The lowest BCUT2D eigenvalue weighted by atomic mass is 10.0. The third-order valence-electron chi connectivity index (χ3n) is 5.92. The molecule has 3 amide bonds. The summed E-state index contributed by atoms with van der Waals surface area (Å²) in [6, 6.07) is 7.38. The Balaban J connectivity index is 1.34. The quantitative estimate of drug-likeness (QED) is 0.634. The second-order valence-electron chi connectivity index (χ2n) is 7.67. The van der Waals surface area contributed by atoms with E-state index in [1.807, 2.05) is 22.9 Å². The maximum atomic E-state index is 12.9. The lowest BCUT2D eigenvalue weighted by Crippen LogP contribution is -2.52. The highest BCUT2D eigenvalue weighted by Gasteiger charge is 2.39. The maximum Gasteiger partial charge on any atom is 0.255 e. The topological polar surface area (TPSA) is 108 Å². The molecule has 0 bridgehead atoms. The Morgan fingerprint density at radius 2 is 2.03 bits per heavy atom. The molecule has 2 fully saturated rings. The van der Waals surface area contributed by atoms with Crippen molar-refractivity contribution >= 4 is 23.5 Å². The highest BCUT2D eigenvalue weighted by atomic mass is 16.2. The van der Waals surface area contributed by atoms with Gasteiger partial charge in [0.05, 0.1) is 12.2 Å². The molecule has 1 atom stereocenters. The van der Waals surface area contributed by atoms with Crippen molar-refractivity contribution in [2.45, 2.75) is 38.0 Å². The summed E-state index contributed by atoms with van der Waals surface area (Å²) in [4.78, 5) is 38.2. The first kappa shape index (κ1) is 17.9. The van der Waals surface area contributed by atoms with Gasteiger partial charge in [-0.05, 0) is 23.6 Å². The number of anilines is 1. The first-order chi connectivity index (χ1) is 14.1. The Hall–Kier alpha value is -3.20. The highest BCUT2D eigenvalue weighted by Crippen LogP contribution is 2.30. The van der Waals surface area contributed by atoms with Crippen molar-refractivity contribution < 1.29 is 14.4 Å². The number of hydrogen-bond acceptors (Lipinski definition) is 6. The van der Waals surface area contributed by atoms with Crippen LogP contribution in [-0.2, 0) is 22.7 Å². The van der Waals surface area contributed by atoms with Gasteiger partial charge < -0.3 is 15.5 Å². The highest BCUT2D eigenvalue weighted by molar-refractivity contribution is 6.05. The number of fused-ring (bicyclic) bond motifs is 1. The number of nitrogens with zero attached hydrogens (tertiary/aromatic N) is 3. The molecular formula is C20H22N6O3. The molecule has 0 radical (unpaired) electrons. The van der Waals surface area contributed by atoms with Crippen LogP contribution in [0.5, 0.6) is 0 Å². The van der Waals surface area contributed by atoms with Crippen LogP contribution in [0.4, 0.5) is 5.82 Å². The van der Waals surface area contributed by atoms with Gasteiger partial charge in [-0.2, -0.15) is 5.10 Å². The van der Waals surface area contributed by atoms with Crippen LogP contribution in [0.1, 0.15) is 40.4 Å². The third kappa shape index (κ3) is 3.07. The fourth-order valence-electron chi connectivity index (χ4n) is 4.19. The summed E-state index contributed by atoms with van der Waals surface area (Å²) in [5.74, 6) is 0.126. The van der Waals surface area contributed by atoms with Crippen LogP contribution in [0.15, 0.2) is 30.5 Å². The van der Waals surface area contributed by atoms with Gasteiger partial charge in [0.25, 0.3) is 5.91 Å². The largest absolute Gasteiger partial charge is 0.366 e. The van der Waals surface area contributed by atoms with Gasteiger partial charge in [-0.1, -0.05) is 12.1 Å². The van der Waals surface area contributed by atoms with Gasteiger partial charge in [0, 0.05) is 44.2 Å². The van der Waals surface area contributed by atoms with Crippen LogP contribution < -0.4 is 16.0 Å². The summed E-state index contributed by atoms with van der Waals surface area (Å²) < 4.78 is 1.99. The van der Waals surface area contributed by atoms with Crippen LogP contribution in [0.25, 0.3) is 0 Å². The minimum atomic E-state index is -0.596. The Kier molecular flexibility index (Phi) is 4.31. The van der Waals surface area contributed by atoms with E-state index in [9.17, 15) is 14.4 Å². The molecule has 2 saturated heterocycles. The number of carbonyl (C=O) groups excluding carboxylic acids is 3. The van der Waals surface area contributed by atoms with Crippen molar-refractivity contribution in [3.05, 3.63) is 47.2 Å². The molecule has 4 heterocycles. The number of rotatable bonds is 5. The molecule has 3 aliphatic rings. The summed E-state index contributed by atoms with van der Waals surface area (Å²) in [6.45, 7) is 2.76. The number of hydrogen-bond donors (Lipinski definition) is 3. The van der Waals surface area contributed by atoms with Crippen LogP contribution >= 0.6 is 0 Å². The number of carbonyl (C=O) groups is 3. The summed E-state index contributed by atoms with van der Waals surface area (Å²) in [5, 5.41) is 13.4. The van der Waals surface area contributed by atoms with Gasteiger partial charge in [0.1, 0.15) is 11.9 Å². The van der Waals surface area contributed by atoms with Crippen molar-refractivity contribution in [2.75, 3.05) is 18.4 Å². The van der Waals surface area contributed by atoms with Gasteiger partial charge in [-0.3, -0.25) is 19.7 Å². The molecule has 1 unspecified atom stereocenters. The van der Waals surface area contributed by atoms with Gasteiger partial charge in [0.15, 0.2) is 0 Å². The van der Waals surface area contributed by atoms with Crippen LogP contribution in [0, 0.1) is 0 Å². The molecule has 2 aromatic rings. The number of imide groups is 1. The summed E-state index contributed by atoms with van der Waals surface area (Å²) in [5.41, 5.74) is 2.59. The average Bonchev–Trinajstić information content (AvgIpc) is 3.24. The van der Waals surface area contributed by atoms with E-state index in [1.165, 1.54) is 0 Å². The molecular weight excluding hydrogens is 372 g/mol. The smallest absolute Gasteiger partial charge is 0.255 e. The molecule has 1 aromatic carbocycles. The molecule has 150 valence electrons. The predicted molar refractivity (Wildman–Crippen MR) is 104 cm³/mol. The molecule has 0 saturated carbocycles. The fourth-order valence-corrected chi connectivity index (χ4v) is 4.19. The second-order valence-corrected chi connectivity index (χ2v) is 7.67. The third-order valence-corrected chi connectivity index (χ3v) is 5.92. The van der Waals surface area contributed by atoms with Gasteiger partial charge in [-0.25, -0.2) is 4.68 Å². The lowest BCUT2D eigenvalue weighted by molar-refractivity contribution is -0.136. The van der Waals surface area contributed by atoms with Gasteiger partial charge in [0.2, 0.25) is 11.8 Å². The number of amides is 3. The van der Waals surface area contributed by atoms with Crippen molar-refractivity contribution in [1.82, 2.24) is 25.3 Å².